The Morgan fingerprint density at radius 2 is 2.21 bits per heavy atom. The Balaban J connectivity index is 1.96. The van der Waals surface area contributed by atoms with E-state index in [0.29, 0.717) is 17.9 Å². The number of nitrogens with zero attached hydrogens (tertiary/aromatic N) is 2. The number of pyridine rings is 1. The molecule has 0 unspecified atom stereocenters. The molecule has 0 aliphatic carbocycles. The van der Waals surface area contributed by atoms with Crippen molar-refractivity contribution >= 4 is 18.1 Å². The van der Waals surface area contributed by atoms with E-state index in [2.05, 4.69) is 14.6 Å². The van der Waals surface area contributed by atoms with E-state index in [4.69, 9.17) is 0 Å². The number of methoxy groups -OCH3 is 1. The van der Waals surface area contributed by atoms with E-state index in [1.54, 1.807) is 12.3 Å². The van der Waals surface area contributed by atoms with Crippen LogP contribution in [0.5, 0.6) is 0 Å². The highest BCUT2D eigenvalue weighted by molar-refractivity contribution is 5.89. The first-order valence-corrected chi connectivity index (χ1v) is 6.47. The van der Waals surface area contributed by atoms with E-state index < -0.39 is 0 Å². The number of carbonyl (C=O) groups excluding carboxylic acids is 2. The minimum Gasteiger partial charge on any atom is -0.465 e. The van der Waals surface area contributed by atoms with Crippen molar-refractivity contribution in [2.24, 2.45) is 5.92 Å². The maximum Gasteiger partial charge on any atom is 0.339 e. The Morgan fingerprint density at radius 1 is 1.47 bits per heavy atom. The van der Waals surface area contributed by atoms with Gasteiger partial charge in [-0.2, -0.15) is 0 Å². The largest absolute Gasteiger partial charge is 0.465 e. The van der Waals surface area contributed by atoms with Crippen molar-refractivity contribution in [1.82, 2.24) is 4.98 Å². The van der Waals surface area contributed by atoms with E-state index in [-0.39, 0.29) is 5.97 Å². The molecule has 0 bridgehead atoms. The van der Waals surface area contributed by atoms with Gasteiger partial charge in [0, 0.05) is 25.7 Å². The monoisotopic (exact) mass is 262 g/mol. The van der Waals surface area contributed by atoms with E-state index in [1.165, 1.54) is 7.11 Å². The first kappa shape index (κ1) is 13.5. The highest BCUT2D eigenvalue weighted by atomic mass is 16.5. The smallest absolute Gasteiger partial charge is 0.339 e. The summed E-state index contributed by atoms with van der Waals surface area (Å²) in [6, 6.07) is 3.57. The van der Waals surface area contributed by atoms with E-state index in [1.807, 2.05) is 6.07 Å². The minimum absolute atomic E-state index is 0.372. The Kier molecular flexibility index (Phi) is 4.49. The summed E-state index contributed by atoms with van der Waals surface area (Å²) >= 11 is 0. The molecule has 19 heavy (non-hydrogen) atoms. The number of anilines is 1. The van der Waals surface area contributed by atoms with Gasteiger partial charge in [0.2, 0.25) is 0 Å². The maximum atomic E-state index is 11.3. The molecule has 0 atom stereocenters. The molecule has 0 aromatic carbocycles. The molecule has 0 spiro atoms. The minimum atomic E-state index is -0.372. The molecule has 5 nitrogen and oxygen atoms in total. The lowest BCUT2D eigenvalue weighted by molar-refractivity contribution is -0.108. The Labute approximate surface area is 112 Å². The highest BCUT2D eigenvalue weighted by Gasteiger charge is 2.19. The molecule has 0 radical (unpaired) electrons. The van der Waals surface area contributed by atoms with Crippen molar-refractivity contribution in [1.29, 1.82) is 0 Å². The summed E-state index contributed by atoms with van der Waals surface area (Å²) in [5.41, 5.74) is 0.460. The third-order valence-corrected chi connectivity index (χ3v) is 3.54. The van der Waals surface area contributed by atoms with E-state index >= 15 is 0 Å². The first-order chi connectivity index (χ1) is 9.24. The van der Waals surface area contributed by atoms with Gasteiger partial charge >= 0.3 is 5.97 Å². The predicted octanol–water partition coefficient (Wildman–Crippen LogP) is 1.67. The van der Waals surface area contributed by atoms with Crippen LogP contribution in [0.3, 0.4) is 0 Å². The summed E-state index contributed by atoms with van der Waals surface area (Å²) < 4.78 is 4.64. The van der Waals surface area contributed by atoms with Gasteiger partial charge in [-0.25, -0.2) is 9.78 Å². The normalized spacial score (nSPS) is 16.2. The molecule has 2 rings (SSSR count). The number of aldehydes is 1. The molecule has 1 saturated heterocycles. The van der Waals surface area contributed by atoms with Gasteiger partial charge in [0.15, 0.2) is 0 Å². The number of hydrogen-bond acceptors (Lipinski definition) is 5. The summed E-state index contributed by atoms with van der Waals surface area (Å²) in [5.74, 6) is 1.00. The van der Waals surface area contributed by atoms with Gasteiger partial charge in [0.05, 0.1) is 12.7 Å². The molecule has 0 saturated carbocycles. The molecule has 0 N–H and O–H groups in total. The zero-order chi connectivity index (χ0) is 13.7. The van der Waals surface area contributed by atoms with Crippen molar-refractivity contribution in [2.45, 2.75) is 19.3 Å². The molecule has 5 heteroatoms. The van der Waals surface area contributed by atoms with Crippen molar-refractivity contribution in [3.05, 3.63) is 23.9 Å². The number of aromatic nitrogens is 1. The van der Waals surface area contributed by atoms with Crippen molar-refractivity contribution in [3.8, 4) is 0 Å². The lowest BCUT2D eigenvalue weighted by Crippen LogP contribution is -2.34. The summed E-state index contributed by atoms with van der Waals surface area (Å²) in [7, 11) is 1.36. The van der Waals surface area contributed by atoms with Gasteiger partial charge in [0.1, 0.15) is 12.1 Å². The highest BCUT2D eigenvalue weighted by Crippen LogP contribution is 2.23. The van der Waals surface area contributed by atoms with Crippen LogP contribution in [-0.4, -0.2) is 37.4 Å². The number of piperidine rings is 1. The maximum absolute atomic E-state index is 11.3. The second-order valence-electron chi connectivity index (χ2n) is 4.73. The second kappa shape index (κ2) is 6.31. The van der Waals surface area contributed by atoms with Crippen LogP contribution in [0.25, 0.3) is 0 Å². The Bertz CT molecular complexity index is 437. The standard InChI is InChI=1S/C14H18N2O3/c1-19-14(18)12-2-3-13(15-10-12)16-7-4-11(5-8-16)6-9-17/h2-3,9-11H,4-8H2,1H3. The van der Waals surface area contributed by atoms with Crippen molar-refractivity contribution < 1.29 is 14.3 Å². The lowest BCUT2D eigenvalue weighted by Gasteiger charge is -2.32. The van der Waals surface area contributed by atoms with Crippen molar-refractivity contribution in [3.63, 3.8) is 0 Å². The molecule has 1 aromatic heterocycles. The van der Waals surface area contributed by atoms with Crippen molar-refractivity contribution in [2.75, 3.05) is 25.1 Å². The fraction of sp³-hybridized carbons (Fsp3) is 0.500. The topological polar surface area (TPSA) is 59.5 Å². The number of esters is 1. The summed E-state index contributed by atoms with van der Waals surface area (Å²) in [5, 5.41) is 0. The van der Waals surface area contributed by atoms with Gasteiger partial charge in [-0.3, -0.25) is 0 Å². The third-order valence-electron chi connectivity index (χ3n) is 3.54. The van der Waals surface area contributed by atoms with Gasteiger partial charge < -0.3 is 14.4 Å². The Hall–Kier alpha value is -1.91. The van der Waals surface area contributed by atoms with Crippen LogP contribution in [0.2, 0.25) is 0 Å². The zero-order valence-electron chi connectivity index (χ0n) is 11.0. The number of ether oxygens (including phenoxy) is 1. The molecule has 1 fully saturated rings. The van der Waals surface area contributed by atoms with Gasteiger partial charge in [0.25, 0.3) is 0 Å². The van der Waals surface area contributed by atoms with E-state index in [9.17, 15) is 9.59 Å². The molecular formula is C14H18N2O3. The molecule has 1 aliphatic rings. The summed E-state index contributed by atoms with van der Waals surface area (Å²) in [4.78, 5) is 28.3. The Morgan fingerprint density at radius 3 is 2.74 bits per heavy atom. The number of hydrogen-bond donors (Lipinski definition) is 0. The SMILES string of the molecule is COC(=O)c1ccc(N2CCC(CC=O)CC2)nc1. The predicted molar refractivity (Wildman–Crippen MR) is 71.2 cm³/mol. The van der Waals surface area contributed by atoms with E-state index in [0.717, 1.165) is 38.0 Å². The van der Waals surface area contributed by atoms with Gasteiger partial charge in [-0.1, -0.05) is 0 Å². The van der Waals surface area contributed by atoms with Gasteiger partial charge in [-0.15, -0.1) is 0 Å². The van der Waals surface area contributed by atoms with Crippen LogP contribution in [0.15, 0.2) is 18.3 Å². The quantitative estimate of drug-likeness (QED) is 0.610. The third kappa shape index (κ3) is 3.30. The first-order valence-electron chi connectivity index (χ1n) is 6.47. The van der Waals surface area contributed by atoms with Crippen LogP contribution in [0.1, 0.15) is 29.6 Å². The molecule has 2 heterocycles. The number of carbonyl (C=O) groups is 2. The van der Waals surface area contributed by atoms with Crippen LogP contribution in [0.4, 0.5) is 5.82 Å². The van der Waals surface area contributed by atoms with Crippen LogP contribution < -0.4 is 4.90 Å². The molecular weight excluding hydrogens is 244 g/mol. The number of rotatable bonds is 4. The fourth-order valence-electron chi connectivity index (χ4n) is 2.35. The summed E-state index contributed by atoms with van der Waals surface area (Å²) in [6.07, 6.45) is 5.23. The van der Waals surface area contributed by atoms with Crippen LogP contribution in [-0.2, 0) is 9.53 Å². The van der Waals surface area contributed by atoms with Crippen LogP contribution in [0, 0.1) is 5.92 Å². The molecule has 1 aliphatic heterocycles. The second-order valence-corrected chi connectivity index (χ2v) is 4.73. The average Bonchev–Trinajstić information content (AvgIpc) is 2.48. The zero-order valence-corrected chi connectivity index (χ0v) is 11.0. The average molecular weight is 262 g/mol. The van der Waals surface area contributed by atoms with Crippen LogP contribution >= 0.6 is 0 Å². The summed E-state index contributed by atoms with van der Waals surface area (Å²) in [6.45, 7) is 1.81. The lowest BCUT2D eigenvalue weighted by atomic mass is 9.94. The fourth-order valence-corrected chi connectivity index (χ4v) is 2.35. The molecule has 0 amide bonds. The molecule has 102 valence electrons. The molecule has 1 aromatic rings. The van der Waals surface area contributed by atoms with Gasteiger partial charge in [-0.05, 0) is 30.9 Å².